The molecule has 0 radical (unpaired) electrons. The van der Waals surface area contributed by atoms with Crippen molar-refractivity contribution in [2.24, 2.45) is 0 Å². The van der Waals surface area contributed by atoms with E-state index >= 15 is 0 Å². The molecule has 5 nitrogen and oxygen atoms in total. The average molecular weight is 369 g/mol. The molecule has 1 saturated heterocycles. The van der Waals surface area contributed by atoms with E-state index in [2.05, 4.69) is 10.6 Å². The van der Waals surface area contributed by atoms with E-state index in [0.29, 0.717) is 23.8 Å². The Hall–Kier alpha value is -2.60. The van der Waals surface area contributed by atoms with Crippen LogP contribution >= 0.6 is 12.2 Å². The van der Waals surface area contributed by atoms with E-state index in [1.165, 1.54) is 0 Å². The van der Waals surface area contributed by atoms with Crippen LogP contribution in [0.25, 0.3) is 0 Å². The molecule has 0 bridgehead atoms. The van der Waals surface area contributed by atoms with Gasteiger partial charge in [-0.3, -0.25) is 4.79 Å². The molecule has 0 aromatic heterocycles. The summed E-state index contributed by atoms with van der Waals surface area (Å²) in [4.78, 5) is 14.1. The molecule has 1 amide bonds. The monoisotopic (exact) mass is 369 g/mol. The number of piperidine rings is 1. The Bertz CT molecular complexity index is 780. The molecular formula is C20H23N3O2S. The molecule has 2 aromatic carbocycles. The quantitative estimate of drug-likeness (QED) is 0.787. The van der Waals surface area contributed by atoms with Crippen molar-refractivity contribution in [3.63, 3.8) is 0 Å². The first kappa shape index (κ1) is 18.2. The van der Waals surface area contributed by atoms with Crippen LogP contribution in [-0.4, -0.2) is 24.7 Å². The summed E-state index contributed by atoms with van der Waals surface area (Å²) < 4.78 is 5.44. The number of thiocarbonyl (C=S) groups is 1. The van der Waals surface area contributed by atoms with Gasteiger partial charge in [-0.05, 0) is 48.8 Å². The molecule has 1 aliphatic heterocycles. The Labute approximate surface area is 159 Å². The minimum atomic E-state index is 0.136. The summed E-state index contributed by atoms with van der Waals surface area (Å²) in [7, 11) is 1.62. The van der Waals surface area contributed by atoms with Crippen LogP contribution in [0.1, 0.15) is 24.8 Å². The zero-order chi connectivity index (χ0) is 18.4. The number of nitrogens with zero attached hydrogens (tertiary/aromatic N) is 1. The number of amides is 1. The van der Waals surface area contributed by atoms with Gasteiger partial charge in [-0.25, -0.2) is 0 Å². The molecular weight excluding hydrogens is 346 g/mol. The molecule has 0 unspecified atom stereocenters. The first-order valence-corrected chi connectivity index (χ1v) is 9.15. The van der Waals surface area contributed by atoms with Crippen LogP contribution in [0.15, 0.2) is 48.5 Å². The lowest BCUT2D eigenvalue weighted by Gasteiger charge is -2.28. The highest BCUT2D eigenvalue weighted by molar-refractivity contribution is 7.80. The molecule has 136 valence electrons. The molecule has 1 fully saturated rings. The fourth-order valence-electron chi connectivity index (χ4n) is 2.99. The average Bonchev–Trinajstić information content (AvgIpc) is 2.67. The second kappa shape index (κ2) is 8.67. The number of anilines is 2. The van der Waals surface area contributed by atoms with Crippen molar-refractivity contribution in [1.29, 1.82) is 0 Å². The molecule has 0 spiro atoms. The van der Waals surface area contributed by atoms with E-state index in [0.717, 1.165) is 36.3 Å². The highest BCUT2D eigenvalue weighted by atomic mass is 32.1. The summed E-state index contributed by atoms with van der Waals surface area (Å²) >= 11 is 5.39. The lowest BCUT2D eigenvalue weighted by Crippen LogP contribution is -2.35. The molecule has 2 N–H and O–H groups in total. The number of hydrogen-bond acceptors (Lipinski definition) is 3. The molecule has 6 heteroatoms. The third-order valence-corrected chi connectivity index (χ3v) is 4.59. The number of carbonyl (C=O) groups is 1. The second-order valence-electron chi connectivity index (χ2n) is 6.18. The Balaban J connectivity index is 1.69. The Morgan fingerprint density at radius 1 is 1.19 bits per heavy atom. The van der Waals surface area contributed by atoms with E-state index in [-0.39, 0.29) is 5.91 Å². The third-order valence-electron chi connectivity index (χ3n) is 4.35. The molecule has 0 saturated carbocycles. The van der Waals surface area contributed by atoms with Crippen molar-refractivity contribution in [3.8, 4) is 5.75 Å². The molecule has 1 aliphatic rings. The summed E-state index contributed by atoms with van der Waals surface area (Å²) in [6.07, 6.45) is 2.53. The molecule has 26 heavy (non-hydrogen) atoms. The van der Waals surface area contributed by atoms with Crippen LogP contribution in [-0.2, 0) is 11.3 Å². The normalized spacial score (nSPS) is 14.0. The summed E-state index contributed by atoms with van der Waals surface area (Å²) in [6, 6.07) is 15.7. The van der Waals surface area contributed by atoms with Gasteiger partial charge in [0.05, 0.1) is 12.8 Å². The summed E-state index contributed by atoms with van der Waals surface area (Å²) in [5, 5.41) is 6.91. The van der Waals surface area contributed by atoms with E-state index in [1.54, 1.807) is 12.0 Å². The maximum absolute atomic E-state index is 12.3. The van der Waals surface area contributed by atoms with Crippen LogP contribution in [0.4, 0.5) is 11.4 Å². The summed E-state index contributed by atoms with van der Waals surface area (Å²) in [5.74, 6) is 0.824. The van der Waals surface area contributed by atoms with Crippen molar-refractivity contribution in [2.45, 2.75) is 25.8 Å². The number of methoxy groups -OCH3 is 1. The summed E-state index contributed by atoms with van der Waals surface area (Å²) in [5.41, 5.74) is 2.77. The molecule has 2 aromatic rings. The predicted octanol–water partition coefficient (Wildman–Crippen LogP) is 3.70. The summed E-state index contributed by atoms with van der Waals surface area (Å²) in [6.45, 7) is 1.37. The third kappa shape index (κ3) is 4.52. The first-order valence-electron chi connectivity index (χ1n) is 8.74. The first-order chi connectivity index (χ1) is 12.7. The van der Waals surface area contributed by atoms with Crippen molar-refractivity contribution >= 4 is 34.6 Å². The number of rotatable bonds is 5. The van der Waals surface area contributed by atoms with E-state index in [4.69, 9.17) is 17.0 Å². The molecule has 3 rings (SSSR count). The lowest BCUT2D eigenvalue weighted by atomic mass is 10.1. The van der Waals surface area contributed by atoms with Gasteiger partial charge in [-0.2, -0.15) is 0 Å². The molecule has 1 heterocycles. The topological polar surface area (TPSA) is 53.6 Å². The molecule has 0 aliphatic carbocycles. The van der Waals surface area contributed by atoms with Gasteiger partial charge in [-0.15, -0.1) is 0 Å². The van der Waals surface area contributed by atoms with Crippen LogP contribution < -0.4 is 20.3 Å². The predicted molar refractivity (Wildman–Crippen MR) is 109 cm³/mol. The highest BCUT2D eigenvalue weighted by Gasteiger charge is 2.22. The number of benzene rings is 2. The van der Waals surface area contributed by atoms with E-state index in [1.807, 2.05) is 48.5 Å². The van der Waals surface area contributed by atoms with Crippen LogP contribution in [0.3, 0.4) is 0 Å². The number of nitrogens with one attached hydrogen (secondary N) is 2. The Morgan fingerprint density at radius 2 is 2.00 bits per heavy atom. The van der Waals surface area contributed by atoms with Gasteiger partial charge in [0.2, 0.25) is 5.91 Å². The number of carbonyl (C=O) groups excluding carboxylic acids is 1. The fourth-order valence-corrected chi connectivity index (χ4v) is 3.18. The largest absolute Gasteiger partial charge is 0.495 e. The number of hydrogen-bond donors (Lipinski definition) is 2. The maximum Gasteiger partial charge on any atom is 0.227 e. The van der Waals surface area contributed by atoms with Crippen LogP contribution in [0.2, 0.25) is 0 Å². The smallest absolute Gasteiger partial charge is 0.227 e. The Kier molecular flexibility index (Phi) is 6.07. The van der Waals surface area contributed by atoms with Gasteiger partial charge in [0, 0.05) is 25.2 Å². The van der Waals surface area contributed by atoms with Gasteiger partial charge >= 0.3 is 0 Å². The maximum atomic E-state index is 12.3. The Morgan fingerprint density at radius 3 is 2.73 bits per heavy atom. The minimum absolute atomic E-state index is 0.136. The van der Waals surface area contributed by atoms with Crippen LogP contribution in [0.5, 0.6) is 5.75 Å². The zero-order valence-electron chi connectivity index (χ0n) is 14.8. The van der Waals surface area contributed by atoms with E-state index < -0.39 is 0 Å². The van der Waals surface area contributed by atoms with Gasteiger partial charge < -0.3 is 20.3 Å². The second-order valence-corrected chi connectivity index (χ2v) is 6.59. The zero-order valence-corrected chi connectivity index (χ0v) is 15.6. The van der Waals surface area contributed by atoms with Crippen molar-refractivity contribution in [2.75, 3.05) is 23.9 Å². The standard InChI is InChI=1S/C20H23N3O2S/c1-25-18-11-10-16(13-17(18)23-12-6-5-9-19(23)24)22-20(26)21-14-15-7-3-2-4-8-15/h2-4,7-8,10-11,13H,5-6,9,12,14H2,1H3,(H2,21,22,26). The minimum Gasteiger partial charge on any atom is -0.495 e. The van der Waals surface area contributed by atoms with Crippen molar-refractivity contribution in [1.82, 2.24) is 5.32 Å². The lowest BCUT2D eigenvalue weighted by molar-refractivity contribution is -0.119. The van der Waals surface area contributed by atoms with E-state index in [9.17, 15) is 4.79 Å². The van der Waals surface area contributed by atoms with Gasteiger partial charge in [0.15, 0.2) is 5.11 Å². The van der Waals surface area contributed by atoms with Crippen molar-refractivity contribution < 1.29 is 9.53 Å². The van der Waals surface area contributed by atoms with Crippen molar-refractivity contribution in [3.05, 3.63) is 54.1 Å². The molecule has 0 atom stereocenters. The van der Waals surface area contributed by atoms with Crippen LogP contribution in [0, 0.1) is 0 Å². The SMILES string of the molecule is COc1ccc(NC(=S)NCc2ccccc2)cc1N1CCCCC1=O. The highest BCUT2D eigenvalue weighted by Crippen LogP contribution is 2.33. The fraction of sp³-hybridized carbons (Fsp3) is 0.300. The van der Waals surface area contributed by atoms with Gasteiger partial charge in [-0.1, -0.05) is 30.3 Å². The number of ether oxygens (including phenoxy) is 1. The van der Waals surface area contributed by atoms with Gasteiger partial charge in [0.25, 0.3) is 0 Å². The van der Waals surface area contributed by atoms with Gasteiger partial charge in [0.1, 0.15) is 5.75 Å².